The molecule has 6 nitrogen and oxygen atoms in total. The number of nitrogens with zero attached hydrogens (tertiary/aromatic N) is 2. The average Bonchev–Trinajstić information content (AvgIpc) is 3.57. The Morgan fingerprint density at radius 1 is 0.860 bits per heavy atom. The maximum atomic E-state index is 13.7. The maximum absolute atomic E-state index is 13.7. The van der Waals surface area contributed by atoms with Crippen molar-refractivity contribution in [3.63, 3.8) is 0 Å². The van der Waals surface area contributed by atoms with E-state index in [-0.39, 0.29) is 28.2 Å². The van der Waals surface area contributed by atoms with Gasteiger partial charge in [0.15, 0.2) is 0 Å². The fraction of sp³-hybridized carbons (Fsp3) is 0.400. The number of carbonyl (C=O) groups excluding carboxylic acids is 1. The smallest absolute Gasteiger partial charge is 0.241 e. The highest BCUT2D eigenvalue weighted by Gasteiger charge is 2.47. The summed E-state index contributed by atoms with van der Waals surface area (Å²) in [6.07, 6.45) is 6.72. The molecule has 1 atom stereocenters. The van der Waals surface area contributed by atoms with Crippen molar-refractivity contribution in [1.29, 1.82) is 0 Å². The monoisotopic (exact) mass is 615 g/mol. The minimum atomic E-state index is -3.86. The minimum Gasteiger partial charge on any atom is -0.343 e. The van der Waals surface area contributed by atoms with Crippen molar-refractivity contribution in [1.82, 2.24) is 14.5 Å². The molecule has 1 saturated carbocycles. The summed E-state index contributed by atoms with van der Waals surface area (Å²) in [6.45, 7) is 1.46. The molecule has 6 rings (SSSR count). The highest BCUT2D eigenvalue weighted by molar-refractivity contribution is 7.89. The van der Waals surface area contributed by atoms with Crippen molar-refractivity contribution in [2.75, 3.05) is 27.2 Å². The summed E-state index contributed by atoms with van der Waals surface area (Å²) in [4.78, 5) is 19.7. The normalized spacial score (nSPS) is 19.1. The van der Waals surface area contributed by atoms with Crippen LogP contribution in [-0.4, -0.2) is 51.3 Å². The van der Waals surface area contributed by atoms with E-state index in [0.717, 1.165) is 55.1 Å². The van der Waals surface area contributed by atoms with Gasteiger partial charge >= 0.3 is 0 Å². The molecule has 8 heteroatoms. The largest absolute Gasteiger partial charge is 0.343 e. The molecule has 1 unspecified atom stereocenters. The van der Waals surface area contributed by atoms with Gasteiger partial charge < -0.3 is 4.90 Å². The van der Waals surface area contributed by atoms with Crippen LogP contribution in [0.1, 0.15) is 61.4 Å². The first-order valence-electron chi connectivity index (χ1n) is 15.3. The van der Waals surface area contributed by atoms with Gasteiger partial charge in [0, 0.05) is 24.4 Å². The number of piperidine rings is 1. The van der Waals surface area contributed by atoms with E-state index in [1.54, 1.807) is 12.1 Å². The Morgan fingerprint density at radius 3 is 2.19 bits per heavy atom. The van der Waals surface area contributed by atoms with Gasteiger partial charge in [0.2, 0.25) is 15.9 Å². The van der Waals surface area contributed by atoms with Crippen LogP contribution < -0.4 is 4.72 Å². The maximum Gasteiger partial charge on any atom is 0.241 e. The highest BCUT2D eigenvalue weighted by Crippen LogP contribution is 2.53. The highest BCUT2D eigenvalue weighted by atomic mass is 32.2. The number of carbonyl (C=O) groups is 1. The lowest BCUT2D eigenvalue weighted by atomic mass is 9.62. The average molecular weight is 616 g/mol. The molecule has 0 bridgehead atoms. The number of amides is 1. The molecule has 1 aromatic heterocycles. The first-order valence-corrected chi connectivity index (χ1v) is 17.6. The number of fused-ring (bicyclic) bond motifs is 1. The van der Waals surface area contributed by atoms with Crippen LogP contribution in [0.2, 0.25) is 0 Å². The third-order valence-electron chi connectivity index (χ3n) is 10.1. The summed E-state index contributed by atoms with van der Waals surface area (Å²) >= 11 is 1.86. The number of nitrogens with one attached hydrogen (secondary N) is 1. The number of sulfonamides is 1. The summed E-state index contributed by atoms with van der Waals surface area (Å²) in [5, 5.41) is 4.02. The first kappa shape index (κ1) is 30.0. The van der Waals surface area contributed by atoms with E-state index in [0.29, 0.717) is 0 Å². The van der Waals surface area contributed by atoms with Crippen LogP contribution in [0.15, 0.2) is 95.2 Å². The summed E-state index contributed by atoms with van der Waals surface area (Å²) in [5.41, 5.74) is 1.18. The molecule has 0 radical (unpaired) electrons. The molecule has 1 N–H and O–H groups in total. The van der Waals surface area contributed by atoms with E-state index in [1.807, 2.05) is 76.9 Å². The summed E-state index contributed by atoms with van der Waals surface area (Å²) < 4.78 is 30.0. The van der Waals surface area contributed by atoms with Gasteiger partial charge in [0.25, 0.3) is 0 Å². The standard InChI is InChI=1S/C35H41N3O3S2/c1-37(2)35(32-13-8-24-42-32)18-16-34(17-19-35)20-22-38(23-21-34)33(39)26-31(28-10-4-3-5-11-28)36-43(40,41)30-15-14-27-9-6-7-12-29(27)25-30/h3-15,24-25,31,36H,16-23,26H2,1-2H3. The zero-order chi connectivity index (χ0) is 30.1. The Bertz CT molecular complexity index is 1650. The SMILES string of the molecule is CN(C)C1(c2cccs2)CCC2(CCN(C(=O)CC(NS(=O)(=O)c3ccc4ccccc4c3)c3ccccc3)CC2)CC1. The second-order valence-corrected chi connectivity index (χ2v) is 15.2. The van der Waals surface area contributed by atoms with Crippen molar-refractivity contribution in [2.24, 2.45) is 5.41 Å². The van der Waals surface area contributed by atoms with Crippen molar-refractivity contribution in [3.05, 3.63) is 101 Å². The van der Waals surface area contributed by atoms with Crippen LogP contribution in [0.25, 0.3) is 10.8 Å². The molecule has 43 heavy (non-hydrogen) atoms. The van der Waals surface area contributed by atoms with Gasteiger partial charge in [-0.1, -0.05) is 66.7 Å². The van der Waals surface area contributed by atoms with Crippen molar-refractivity contribution >= 4 is 38.0 Å². The zero-order valence-corrected chi connectivity index (χ0v) is 26.7. The molecule has 1 amide bonds. The molecule has 2 aliphatic rings. The number of rotatable bonds is 8. The van der Waals surface area contributed by atoms with Crippen molar-refractivity contribution < 1.29 is 13.2 Å². The van der Waals surface area contributed by atoms with E-state index in [2.05, 4.69) is 41.2 Å². The van der Waals surface area contributed by atoms with E-state index in [1.165, 1.54) is 17.7 Å². The van der Waals surface area contributed by atoms with Crippen LogP contribution in [0.3, 0.4) is 0 Å². The summed E-state index contributed by atoms with van der Waals surface area (Å²) in [5.74, 6) is 0.00180. The molecule has 1 spiro atoms. The van der Waals surface area contributed by atoms with Gasteiger partial charge in [-0.15, -0.1) is 11.3 Å². The third-order valence-corrected chi connectivity index (χ3v) is 12.6. The van der Waals surface area contributed by atoms with E-state index >= 15 is 0 Å². The van der Waals surface area contributed by atoms with Gasteiger partial charge in [-0.05, 0) is 98.0 Å². The lowest BCUT2D eigenvalue weighted by molar-refractivity contribution is -0.134. The summed E-state index contributed by atoms with van der Waals surface area (Å²) in [6, 6.07) is 26.1. The number of likely N-dealkylation sites (tertiary alicyclic amines) is 1. The quantitative estimate of drug-likeness (QED) is 0.233. The molecule has 4 aromatic rings. The Kier molecular flexibility index (Phi) is 8.48. The Balaban J connectivity index is 1.13. The molecule has 1 aliphatic carbocycles. The fourth-order valence-corrected chi connectivity index (χ4v) is 9.51. The number of thiophene rings is 1. The van der Waals surface area contributed by atoms with Crippen molar-refractivity contribution in [3.8, 4) is 0 Å². The van der Waals surface area contributed by atoms with Crippen molar-refractivity contribution in [2.45, 2.75) is 61.4 Å². The number of benzene rings is 3. The van der Waals surface area contributed by atoms with Crippen LogP contribution in [0.5, 0.6) is 0 Å². The lowest BCUT2D eigenvalue weighted by Crippen LogP contribution is -2.50. The second kappa shape index (κ2) is 12.2. The summed E-state index contributed by atoms with van der Waals surface area (Å²) in [7, 11) is 0.551. The van der Waals surface area contributed by atoms with Gasteiger partial charge in [-0.3, -0.25) is 9.69 Å². The van der Waals surface area contributed by atoms with E-state index in [9.17, 15) is 13.2 Å². The molecule has 3 aromatic carbocycles. The fourth-order valence-electron chi connectivity index (χ4n) is 7.19. The second-order valence-electron chi connectivity index (χ2n) is 12.6. The molecular formula is C35H41N3O3S2. The zero-order valence-electron chi connectivity index (χ0n) is 25.0. The molecule has 2 heterocycles. The molecule has 1 saturated heterocycles. The van der Waals surface area contributed by atoms with Gasteiger partial charge in [0.1, 0.15) is 0 Å². The Labute approximate surface area is 259 Å². The topological polar surface area (TPSA) is 69.7 Å². The van der Waals surface area contributed by atoms with Crippen LogP contribution >= 0.6 is 11.3 Å². The van der Waals surface area contributed by atoms with Crippen LogP contribution in [0.4, 0.5) is 0 Å². The van der Waals surface area contributed by atoms with Crippen LogP contribution in [0, 0.1) is 5.41 Å². The molecule has 1 aliphatic heterocycles. The minimum absolute atomic E-state index is 0.00180. The molecule has 226 valence electrons. The van der Waals surface area contributed by atoms with E-state index in [4.69, 9.17) is 0 Å². The Hall–Kier alpha value is -3.04. The predicted molar refractivity (Wildman–Crippen MR) is 174 cm³/mol. The number of hydrogen-bond donors (Lipinski definition) is 1. The first-order chi connectivity index (χ1) is 20.7. The van der Waals surface area contributed by atoms with Gasteiger partial charge in [-0.25, -0.2) is 13.1 Å². The van der Waals surface area contributed by atoms with Gasteiger partial charge in [0.05, 0.1) is 16.5 Å². The van der Waals surface area contributed by atoms with Gasteiger partial charge in [-0.2, -0.15) is 0 Å². The Morgan fingerprint density at radius 2 is 1.53 bits per heavy atom. The third kappa shape index (κ3) is 6.16. The van der Waals surface area contributed by atoms with E-state index < -0.39 is 16.1 Å². The molecular weight excluding hydrogens is 575 g/mol. The predicted octanol–water partition coefficient (Wildman–Crippen LogP) is 6.95. The molecule has 2 fully saturated rings. The van der Waals surface area contributed by atoms with Crippen LogP contribution in [-0.2, 0) is 20.4 Å². The lowest BCUT2D eigenvalue weighted by Gasteiger charge is -2.52. The number of hydrogen-bond acceptors (Lipinski definition) is 5.